The Kier molecular flexibility index (Phi) is 4.30. The smallest absolute Gasteiger partial charge is 0.230 e. The summed E-state index contributed by atoms with van der Waals surface area (Å²) in [5, 5.41) is 4.13. The van der Waals surface area contributed by atoms with Crippen LogP contribution in [0.4, 0.5) is 0 Å². The summed E-state index contributed by atoms with van der Waals surface area (Å²) in [6.07, 6.45) is 1.91. The third-order valence-electron chi connectivity index (χ3n) is 5.22. The Hall–Kier alpha value is -1.84. The fraction of sp³-hybridized carbons (Fsp3) is 0.350. The van der Waals surface area contributed by atoms with Crippen molar-refractivity contribution in [1.82, 2.24) is 10.2 Å². The molecule has 1 fully saturated rings. The van der Waals surface area contributed by atoms with Gasteiger partial charge in [0.25, 0.3) is 0 Å². The van der Waals surface area contributed by atoms with Crippen LogP contribution in [0, 0.1) is 0 Å². The first-order valence-corrected chi connectivity index (χ1v) is 8.97. The summed E-state index contributed by atoms with van der Waals surface area (Å²) in [4.78, 5) is 15.3. The zero-order valence-corrected chi connectivity index (χ0v) is 14.3. The number of aryl methyl sites for hydroxylation is 1. The van der Waals surface area contributed by atoms with Crippen LogP contribution < -0.4 is 5.32 Å². The fourth-order valence-corrected chi connectivity index (χ4v) is 4.27. The van der Waals surface area contributed by atoms with Gasteiger partial charge in [0.1, 0.15) is 0 Å². The molecule has 2 atom stereocenters. The summed E-state index contributed by atoms with van der Waals surface area (Å²) >= 11 is 6.40. The third kappa shape index (κ3) is 2.72. The number of carbonyl (C=O) groups is 1. The van der Waals surface area contributed by atoms with Gasteiger partial charge in [0, 0.05) is 24.7 Å². The van der Waals surface area contributed by atoms with E-state index in [0.29, 0.717) is 0 Å². The number of amides is 1. The lowest BCUT2D eigenvalue weighted by Crippen LogP contribution is -2.50. The average molecular weight is 341 g/mol. The highest BCUT2D eigenvalue weighted by Gasteiger charge is 2.36. The van der Waals surface area contributed by atoms with E-state index in [0.717, 1.165) is 43.1 Å². The van der Waals surface area contributed by atoms with Crippen molar-refractivity contribution in [2.45, 2.75) is 24.8 Å². The number of hydrogen-bond donors (Lipinski definition) is 1. The molecule has 0 bridgehead atoms. The quantitative estimate of drug-likeness (QED) is 0.906. The molecule has 24 heavy (non-hydrogen) atoms. The predicted molar refractivity (Wildman–Crippen MR) is 96.3 cm³/mol. The van der Waals surface area contributed by atoms with Gasteiger partial charge < -0.3 is 10.2 Å². The van der Waals surface area contributed by atoms with E-state index in [-0.39, 0.29) is 17.9 Å². The van der Waals surface area contributed by atoms with Crippen molar-refractivity contribution in [3.63, 3.8) is 0 Å². The summed E-state index contributed by atoms with van der Waals surface area (Å²) in [7, 11) is 0. The summed E-state index contributed by atoms with van der Waals surface area (Å²) in [6, 6.07) is 16.2. The first kappa shape index (κ1) is 15.7. The highest BCUT2D eigenvalue weighted by Crippen LogP contribution is 2.37. The van der Waals surface area contributed by atoms with Gasteiger partial charge in [-0.1, -0.05) is 54.1 Å². The summed E-state index contributed by atoms with van der Waals surface area (Å²) in [5.41, 5.74) is 3.56. The van der Waals surface area contributed by atoms with Crippen LogP contribution in [0.15, 0.2) is 48.5 Å². The molecule has 3 nitrogen and oxygen atoms in total. The molecule has 2 unspecified atom stereocenters. The number of nitrogens with zero attached hydrogens (tertiary/aromatic N) is 1. The first-order valence-electron chi connectivity index (χ1n) is 8.59. The van der Waals surface area contributed by atoms with Crippen LogP contribution in [0.3, 0.4) is 0 Å². The number of benzene rings is 2. The van der Waals surface area contributed by atoms with Gasteiger partial charge >= 0.3 is 0 Å². The first-order chi connectivity index (χ1) is 11.8. The maximum atomic E-state index is 13.3. The number of rotatable bonds is 2. The van der Waals surface area contributed by atoms with E-state index in [2.05, 4.69) is 23.5 Å². The van der Waals surface area contributed by atoms with Gasteiger partial charge in [-0.05, 0) is 35.6 Å². The Morgan fingerprint density at radius 2 is 1.83 bits per heavy atom. The van der Waals surface area contributed by atoms with Gasteiger partial charge in [-0.15, -0.1) is 0 Å². The van der Waals surface area contributed by atoms with Crippen molar-refractivity contribution in [3.8, 4) is 0 Å². The number of piperazine rings is 1. The van der Waals surface area contributed by atoms with Crippen LogP contribution in [-0.2, 0) is 11.2 Å². The van der Waals surface area contributed by atoms with E-state index in [4.69, 9.17) is 11.6 Å². The molecular weight excluding hydrogens is 320 g/mol. The van der Waals surface area contributed by atoms with Crippen molar-refractivity contribution in [2.24, 2.45) is 0 Å². The summed E-state index contributed by atoms with van der Waals surface area (Å²) < 4.78 is 0. The molecule has 124 valence electrons. The van der Waals surface area contributed by atoms with E-state index < -0.39 is 0 Å². The van der Waals surface area contributed by atoms with E-state index in [9.17, 15) is 4.79 Å². The van der Waals surface area contributed by atoms with Gasteiger partial charge in [0.15, 0.2) is 0 Å². The zero-order valence-electron chi connectivity index (χ0n) is 13.5. The van der Waals surface area contributed by atoms with Gasteiger partial charge in [-0.2, -0.15) is 0 Å². The predicted octanol–water partition coefficient (Wildman–Crippen LogP) is 3.54. The van der Waals surface area contributed by atoms with Gasteiger partial charge in [-0.3, -0.25) is 4.79 Å². The third-order valence-corrected chi connectivity index (χ3v) is 5.57. The average Bonchev–Trinajstić information content (AvgIpc) is 3.06. The Labute approximate surface area is 147 Å². The van der Waals surface area contributed by atoms with Gasteiger partial charge in [-0.25, -0.2) is 0 Å². The largest absolute Gasteiger partial charge is 0.333 e. The van der Waals surface area contributed by atoms with E-state index in [1.165, 1.54) is 11.1 Å². The Bertz CT molecular complexity index is 761. The number of halogens is 1. The topological polar surface area (TPSA) is 32.3 Å². The molecule has 1 saturated heterocycles. The number of nitrogens with one attached hydrogen (secondary N) is 1. The second-order valence-corrected chi connectivity index (χ2v) is 6.97. The van der Waals surface area contributed by atoms with Gasteiger partial charge in [0.05, 0.1) is 12.0 Å². The number of carbonyl (C=O) groups excluding carboxylic acids is 1. The van der Waals surface area contributed by atoms with Crippen LogP contribution in [0.1, 0.15) is 35.1 Å². The molecule has 1 N–H and O–H groups in total. The normalized spacial score (nSPS) is 23.1. The zero-order chi connectivity index (χ0) is 16.5. The van der Waals surface area contributed by atoms with Crippen molar-refractivity contribution in [3.05, 3.63) is 70.2 Å². The molecular formula is C20H21ClN2O. The van der Waals surface area contributed by atoms with Crippen molar-refractivity contribution in [1.29, 1.82) is 0 Å². The molecule has 4 heteroatoms. The second-order valence-electron chi connectivity index (χ2n) is 6.56. The molecule has 4 rings (SSSR count). The Morgan fingerprint density at radius 3 is 2.67 bits per heavy atom. The lowest BCUT2D eigenvalue weighted by molar-refractivity contribution is -0.136. The number of hydrogen-bond acceptors (Lipinski definition) is 2. The molecule has 1 heterocycles. The second kappa shape index (κ2) is 6.58. The minimum Gasteiger partial charge on any atom is -0.333 e. The van der Waals surface area contributed by atoms with Crippen LogP contribution >= 0.6 is 11.6 Å². The molecule has 0 saturated carbocycles. The molecule has 0 aromatic heterocycles. The lowest BCUT2D eigenvalue weighted by atomic mass is 9.96. The van der Waals surface area contributed by atoms with Crippen LogP contribution in [0.5, 0.6) is 0 Å². The highest BCUT2D eigenvalue weighted by atomic mass is 35.5. The summed E-state index contributed by atoms with van der Waals surface area (Å²) in [6.45, 7) is 2.32. The maximum absolute atomic E-state index is 13.3. The van der Waals surface area contributed by atoms with E-state index >= 15 is 0 Å². The fourth-order valence-electron chi connectivity index (χ4n) is 4.01. The van der Waals surface area contributed by atoms with E-state index in [1.807, 2.05) is 35.2 Å². The summed E-state index contributed by atoms with van der Waals surface area (Å²) in [5.74, 6) is 0.232. The van der Waals surface area contributed by atoms with Crippen molar-refractivity contribution in [2.75, 3.05) is 19.6 Å². The van der Waals surface area contributed by atoms with E-state index in [1.54, 1.807) is 0 Å². The van der Waals surface area contributed by atoms with Crippen molar-refractivity contribution < 1.29 is 4.79 Å². The molecule has 0 spiro atoms. The van der Waals surface area contributed by atoms with Crippen molar-refractivity contribution >= 4 is 17.5 Å². The molecule has 1 aliphatic carbocycles. The SMILES string of the molecule is O=C(C1CCc2ccccc21)N1CCNCC1c1ccccc1Cl. The van der Waals surface area contributed by atoms with Crippen LogP contribution in [0.2, 0.25) is 5.02 Å². The highest BCUT2D eigenvalue weighted by molar-refractivity contribution is 6.31. The van der Waals surface area contributed by atoms with Crippen LogP contribution in [-0.4, -0.2) is 30.4 Å². The molecule has 1 amide bonds. The molecule has 2 aromatic carbocycles. The maximum Gasteiger partial charge on any atom is 0.230 e. The Morgan fingerprint density at radius 1 is 1.08 bits per heavy atom. The number of fused-ring (bicyclic) bond motifs is 1. The molecule has 2 aromatic rings. The monoisotopic (exact) mass is 340 g/mol. The minimum absolute atomic E-state index is 0.00714. The lowest BCUT2D eigenvalue weighted by Gasteiger charge is -2.38. The molecule has 2 aliphatic rings. The van der Waals surface area contributed by atoms with Crippen LogP contribution in [0.25, 0.3) is 0 Å². The Balaban J connectivity index is 1.64. The van der Waals surface area contributed by atoms with Gasteiger partial charge in [0.2, 0.25) is 5.91 Å². The molecule has 1 aliphatic heterocycles. The molecule has 0 radical (unpaired) electrons. The minimum atomic E-state index is -0.00992. The standard InChI is InChI=1S/C20H21ClN2O/c21-18-8-4-3-7-17(18)19-13-22-11-12-23(19)20(24)16-10-9-14-5-1-2-6-15(14)16/h1-8,16,19,22H,9-13H2.